The van der Waals surface area contributed by atoms with Gasteiger partial charge in [-0.25, -0.2) is 4.79 Å². The van der Waals surface area contributed by atoms with Gasteiger partial charge in [0.1, 0.15) is 0 Å². The minimum Gasteiger partial charge on any atom is -0.469 e. The van der Waals surface area contributed by atoms with Crippen LogP contribution in [0.3, 0.4) is 0 Å². The summed E-state index contributed by atoms with van der Waals surface area (Å²) < 4.78 is 4.90. The van der Waals surface area contributed by atoms with E-state index in [0.29, 0.717) is 0 Å². The minimum absolute atomic E-state index is 0.0396. The molecule has 0 radical (unpaired) electrons. The van der Waals surface area contributed by atoms with Crippen LogP contribution in [0.1, 0.15) is 36.8 Å². The normalized spacial score (nSPS) is 23.0. The molecular formula is C22H31N3O3. The summed E-state index contributed by atoms with van der Waals surface area (Å²) in [5.74, 6) is 0.589. The predicted octanol–water partition coefficient (Wildman–Crippen LogP) is 2.60. The maximum Gasteiger partial charge on any atom is 0.324 e. The molecule has 6 nitrogen and oxygen atoms in total. The summed E-state index contributed by atoms with van der Waals surface area (Å²) in [5.41, 5.74) is 3.46. The third-order valence-electron chi connectivity index (χ3n) is 6.63. The lowest BCUT2D eigenvalue weighted by Crippen LogP contribution is -2.35. The number of carbonyl (C=O) groups is 2. The molecule has 2 amide bonds. The molecule has 2 aliphatic heterocycles. The number of esters is 1. The van der Waals surface area contributed by atoms with Gasteiger partial charge in [0.05, 0.1) is 13.0 Å². The molecule has 2 saturated heterocycles. The summed E-state index contributed by atoms with van der Waals surface area (Å²) in [6, 6.07) is 6.41. The average molecular weight is 386 g/mol. The highest BCUT2D eigenvalue weighted by Gasteiger charge is 2.31. The van der Waals surface area contributed by atoms with Crippen LogP contribution >= 0.6 is 0 Å². The molecule has 0 aromatic heterocycles. The second-order valence-electron chi connectivity index (χ2n) is 8.32. The third-order valence-corrected chi connectivity index (χ3v) is 6.63. The van der Waals surface area contributed by atoms with Crippen molar-refractivity contribution in [3.8, 4) is 0 Å². The zero-order valence-corrected chi connectivity index (χ0v) is 16.8. The Balaban J connectivity index is 1.37. The van der Waals surface area contributed by atoms with Crippen molar-refractivity contribution in [1.82, 2.24) is 10.2 Å². The molecule has 1 N–H and O–H groups in total. The van der Waals surface area contributed by atoms with Crippen molar-refractivity contribution >= 4 is 17.7 Å². The second kappa shape index (κ2) is 8.52. The van der Waals surface area contributed by atoms with Gasteiger partial charge in [-0.05, 0) is 80.8 Å². The standard InChI is InChI=1S/C22H31N3O3/c1-28-21(26)19-3-2-18-15-20(5-4-17(18)14-19)25-13-12-24(22(25)27)11-8-16-6-9-23-10-7-16/h4-5,15-16,19,23H,2-3,6-14H2,1H3. The fourth-order valence-electron chi connectivity index (χ4n) is 4.82. The van der Waals surface area contributed by atoms with Gasteiger partial charge in [0.25, 0.3) is 0 Å². The quantitative estimate of drug-likeness (QED) is 0.792. The molecule has 0 spiro atoms. The lowest BCUT2D eigenvalue weighted by Gasteiger charge is -2.26. The Morgan fingerprint density at radius 1 is 1.18 bits per heavy atom. The van der Waals surface area contributed by atoms with Crippen molar-refractivity contribution in [2.24, 2.45) is 11.8 Å². The Labute approximate surface area is 167 Å². The lowest BCUT2D eigenvalue weighted by molar-refractivity contribution is -0.145. The number of benzene rings is 1. The van der Waals surface area contributed by atoms with Crippen molar-refractivity contribution in [2.45, 2.75) is 38.5 Å². The number of urea groups is 1. The van der Waals surface area contributed by atoms with E-state index in [1.165, 1.54) is 31.1 Å². The third kappa shape index (κ3) is 4.02. The number of ether oxygens (including phenoxy) is 1. The van der Waals surface area contributed by atoms with Crippen LogP contribution in [-0.2, 0) is 22.4 Å². The van der Waals surface area contributed by atoms with Crippen LogP contribution in [0, 0.1) is 11.8 Å². The number of anilines is 1. The summed E-state index contributed by atoms with van der Waals surface area (Å²) in [5, 5.41) is 3.40. The highest BCUT2D eigenvalue weighted by molar-refractivity contribution is 5.94. The number of carbonyl (C=O) groups excluding carboxylic acids is 2. The summed E-state index contributed by atoms with van der Waals surface area (Å²) in [4.78, 5) is 28.6. The molecule has 28 heavy (non-hydrogen) atoms. The molecule has 1 atom stereocenters. The fourth-order valence-corrected chi connectivity index (χ4v) is 4.82. The first-order valence-corrected chi connectivity index (χ1v) is 10.6. The van der Waals surface area contributed by atoms with E-state index in [0.717, 1.165) is 70.0 Å². The van der Waals surface area contributed by atoms with E-state index >= 15 is 0 Å². The van der Waals surface area contributed by atoms with Crippen LogP contribution in [0.2, 0.25) is 0 Å². The number of nitrogens with zero attached hydrogens (tertiary/aromatic N) is 2. The van der Waals surface area contributed by atoms with Crippen molar-refractivity contribution in [1.29, 1.82) is 0 Å². The van der Waals surface area contributed by atoms with Gasteiger partial charge in [-0.1, -0.05) is 6.07 Å². The maximum atomic E-state index is 12.9. The topological polar surface area (TPSA) is 61.9 Å². The van der Waals surface area contributed by atoms with Crippen LogP contribution in [-0.4, -0.2) is 56.7 Å². The molecule has 4 rings (SSSR count). The molecule has 0 bridgehead atoms. The van der Waals surface area contributed by atoms with Crippen LogP contribution in [0.25, 0.3) is 0 Å². The highest BCUT2D eigenvalue weighted by atomic mass is 16.5. The van der Waals surface area contributed by atoms with Gasteiger partial charge in [-0.15, -0.1) is 0 Å². The van der Waals surface area contributed by atoms with Gasteiger partial charge in [0.2, 0.25) is 0 Å². The van der Waals surface area contributed by atoms with E-state index < -0.39 is 0 Å². The number of rotatable bonds is 5. The zero-order chi connectivity index (χ0) is 19.5. The lowest BCUT2D eigenvalue weighted by atomic mass is 9.83. The van der Waals surface area contributed by atoms with E-state index in [9.17, 15) is 9.59 Å². The first kappa shape index (κ1) is 19.2. The molecule has 2 heterocycles. The summed E-state index contributed by atoms with van der Waals surface area (Å²) in [6.07, 6.45) is 5.98. The molecule has 3 aliphatic rings. The predicted molar refractivity (Wildman–Crippen MR) is 108 cm³/mol. The van der Waals surface area contributed by atoms with Gasteiger partial charge in [-0.2, -0.15) is 0 Å². The molecule has 1 aromatic rings. The molecule has 152 valence electrons. The molecule has 1 aromatic carbocycles. The van der Waals surface area contributed by atoms with Crippen LogP contribution in [0.4, 0.5) is 10.5 Å². The van der Waals surface area contributed by atoms with Crippen molar-refractivity contribution < 1.29 is 14.3 Å². The number of amides is 2. The van der Waals surface area contributed by atoms with Gasteiger partial charge < -0.3 is 15.0 Å². The zero-order valence-electron chi connectivity index (χ0n) is 16.8. The van der Waals surface area contributed by atoms with Crippen molar-refractivity contribution in [3.05, 3.63) is 29.3 Å². The van der Waals surface area contributed by atoms with Gasteiger partial charge in [0.15, 0.2) is 0 Å². The molecule has 2 fully saturated rings. The van der Waals surface area contributed by atoms with E-state index in [1.54, 1.807) is 0 Å². The van der Waals surface area contributed by atoms with Crippen molar-refractivity contribution in [2.75, 3.05) is 44.7 Å². The molecular weight excluding hydrogens is 354 g/mol. The highest BCUT2D eigenvalue weighted by Crippen LogP contribution is 2.31. The Hall–Kier alpha value is -2.08. The Morgan fingerprint density at radius 2 is 2.00 bits per heavy atom. The van der Waals surface area contributed by atoms with E-state index in [1.807, 2.05) is 15.9 Å². The van der Waals surface area contributed by atoms with Crippen molar-refractivity contribution in [3.63, 3.8) is 0 Å². The van der Waals surface area contributed by atoms with E-state index in [2.05, 4.69) is 17.4 Å². The van der Waals surface area contributed by atoms with Crippen LogP contribution < -0.4 is 10.2 Å². The number of fused-ring (bicyclic) bond motifs is 1. The van der Waals surface area contributed by atoms with E-state index in [-0.39, 0.29) is 17.9 Å². The first-order valence-electron chi connectivity index (χ1n) is 10.6. The number of hydrogen-bond acceptors (Lipinski definition) is 4. The second-order valence-corrected chi connectivity index (χ2v) is 8.32. The number of piperidine rings is 1. The first-order chi connectivity index (χ1) is 13.7. The van der Waals surface area contributed by atoms with Gasteiger partial charge >= 0.3 is 12.0 Å². The van der Waals surface area contributed by atoms with Crippen LogP contribution in [0.5, 0.6) is 0 Å². The SMILES string of the molecule is COC(=O)C1CCc2cc(N3CCN(CCC4CCNCC4)C3=O)ccc2C1. The molecule has 6 heteroatoms. The van der Waals surface area contributed by atoms with Gasteiger partial charge in [-0.3, -0.25) is 9.69 Å². The number of aryl methyl sites for hydroxylation is 1. The largest absolute Gasteiger partial charge is 0.469 e. The Kier molecular flexibility index (Phi) is 5.85. The maximum absolute atomic E-state index is 12.9. The fraction of sp³-hybridized carbons (Fsp3) is 0.636. The van der Waals surface area contributed by atoms with Gasteiger partial charge in [0, 0.05) is 25.3 Å². The summed E-state index contributed by atoms with van der Waals surface area (Å²) >= 11 is 0. The summed E-state index contributed by atoms with van der Waals surface area (Å²) in [6.45, 7) is 4.65. The number of nitrogens with one attached hydrogen (secondary N) is 1. The Bertz CT molecular complexity index is 730. The average Bonchev–Trinajstić information content (AvgIpc) is 3.12. The molecule has 0 saturated carbocycles. The monoisotopic (exact) mass is 385 g/mol. The minimum atomic E-state index is -0.117. The Morgan fingerprint density at radius 3 is 2.79 bits per heavy atom. The van der Waals surface area contributed by atoms with Crippen LogP contribution in [0.15, 0.2) is 18.2 Å². The van der Waals surface area contributed by atoms with E-state index in [4.69, 9.17) is 4.74 Å². The summed E-state index contributed by atoms with van der Waals surface area (Å²) in [7, 11) is 1.46. The smallest absolute Gasteiger partial charge is 0.324 e. The number of hydrogen-bond donors (Lipinski definition) is 1. The molecule has 1 aliphatic carbocycles. The number of methoxy groups -OCH3 is 1. The molecule has 1 unspecified atom stereocenters.